The highest BCUT2D eigenvalue weighted by molar-refractivity contribution is 5.18. The number of aliphatic hydroxyl groups excluding tert-OH is 1. The SMILES string of the molecule is COCC(O)CCNC(COC)c1ccccc1. The Morgan fingerprint density at radius 2 is 1.78 bits per heavy atom. The van der Waals surface area contributed by atoms with Crippen molar-refractivity contribution >= 4 is 0 Å². The van der Waals surface area contributed by atoms with Crippen molar-refractivity contribution < 1.29 is 14.6 Å². The molecule has 18 heavy (non-hydrogen) atoms. The van der Waals surface area contributed by atoms with Crippen LogP contribution in [0.2, 0.25) is 0 Å². The molecule has 0 aliphatic rings. The van der Waals surface area contributed by atoms with Gasteiger partial charge in [-0.15, -0.1) is 0 Å². The van der Waals surface area contributed by atoms with E-state index in [-0.39, 0.29) is 6.04 Å². The van der Waals surface area contributed by atoms with Gasteiger partial charge in [0, 0.05) is 14.2 Å². The zero-order chi connectivity index (χ0) is 13.2. The summed E-state index contributed by atoms with van der Waals surface area (Å²) in [6.07, 6.45) is 0.252. The van der Waals surface area contributed by atoms with Crippen LogP contribution in [0, 0.1) is 0 Å². The van der Waals surface area contributed by atoms with E-state index in [1.54, 1.807) is 14.2 Å². The maximum Gasteiger partial charge on any atom is 0.0785 e. The summed E-state index contributed by atoms with van der Waals surface area (Å²) in [4.78, 5) is 0. The second-order valence-corrected chi connectivity index (χ2v) is 4.27. The lowest BCUT2D eigenvalue weighted by Gasteiger charge is -2.19. The van der Waals surface area contributed by atoms with E-state index in [1.165, 1.54) is 5.56 Å². The molecule has 4 heteroatoms. The Hall–Kier alpha value is -0.940. The third kappa shape index (κ3) is 5.60. The number of nitrogens with one attached hydrogen (secondary N) is 1. The van der Waals surface area contributed by atoms with Gasteiger partial charge in [-0.2, -0.15) is 0 Å². The molecule has 0 amide bonds. The summed E-state index contributed by atoms with van der Waals surface area (Å²) < 4.78 is 10.1. The Kier molecular flexibility index (Phi) is 7.60. The van der Waals surface area contributed by atoms with Crippen LogP contribution in [-0.4, -0.2) is 45.2 Å². The van der Waals surface area contributed by atoms with Crippen LogP contribution in [0.15, 0.2) is 30.3 Å². The first kappa shape index (κ1) is 15.1. The van der Waals surface area contributed by atoms with Crippen molar-refractivity contribution in [3.8, 4) is 0 Å². The maximum atomic E-state index is 9.57. The van der Waals surface area contributed by atoms with Crippen molar-refractivity contribution in [3.05, 3.63) is 35.9 Å². The Bertz CT molecular complexity index is 305. The first-order valence-electron chi connectivity index (χ1n) is 6.22. The molecule has 0 spiro atoms. The number of ether oxygens (including phenoxy) is 2. The predicted octanol–water partition coefficient (Wildman–Crippen LogP) is 1.36. The van der Waals surface area contributed by atoms with Gasteiger partial charge in [0.25, 0.3) is 0 Å². The average molecular weight is 253 g/mol. The second kappa shape index (κ2) is 9.05. The van der Waals surface area contributed by atoms with Crippen LogP contribution >= 0.6 is 0 Å². The normalized spacial score (nSPS) is 14.4. The van der Waals surface area contributed by atoms with Gasteiger partial charge in [-0.3, -0.25) is 0 Å². The molecule has 0 aliphatic carbocycles. The van der Waals surface area contributed by atoms with Crippen LogP contribution in [0.25, 0.3) is 0 Å². The molecule has 0 aliphatic heterocycles. The van der Waals surface area contributed by atoms with Crippen LogP contribution < -0.4 is 5.32 Å². The van der Waals surface area contributed by atoms with Gasteiger partial charge in [-0.05, 0) is 18.5 Å². The summed E-state index contributed by atoms with van der Waals surface area (Å²) in [5, 5.41) is 13.0. The van der Waals surface area contributed by atoms with Gasteiger partial charge in [-0.1, -0.05) is 30.3 Å². The molecule has 0 saturated carbocycles. The van der Waals surface area contributed by atoms with E-state index in [1.807, 2.05) is 18.2 Å². The quantitative estimate of drug-likeness (QED) is 0.698. The summed E-state index contributed by atoms with van der Waals surface area (Å²) in [7, 11) is 3.28. The number of aliphatic hydroxyl groups is 1. The minimum atomic E-state index is -0.415. The summed E-state index contributed by atoms with van der Waals surface area (Å²) in [6.45, 7) is 1.72. The molecule has 0 heterocycles. The lowest BCUT2D eigenvalue weighted by atomic mass is 10.1. The molecule has 2 N–H and O–H groups in total. The van der Waals surface area contributed by atoms with Gasteiger partial charge < -0.3 is 19.9 Å². The molecule has 4 nitrogen and oxygen atoms in total. The monoisotopic (exact) mass is 253 g/mol. The zero-order valence-corrected chi connectivity index (χ0v) is 11.1. The van der Waals surface area contributed by atoms with Crippen molar-refractivity contribution in [1.29, 1.82) is 0 Å². The lowest BCUT2D eigenvalue weighted by molar-refractivity contribution is 0.0580. The fourth-order valence-electron chi connectivity index (χ4n) is 1.82. The van der Waals surface area contributed by atoms with E-state index in [4.69, 9.17) is 9.47 Å². The van der Waals surface area contributed by atoms with E-state index in [2.05, 4.69) is 17.4 Å². The Balaban J connectivity index is 2.39. The van der Waals surface area contributed by atoms with Gasteiger partial charge in [0.05, 0.1) is 25.4 Å². The third-order valence-electron chi connectivity index (χ3n) is 2.76. The highest BCUT2D eigenvalue weighted by Crippen LogP contribution is 2.12. The predicted molar refractivity (Wildman–Crippen MR) is 71.6 cm³/mol. The minimum absolute atomic E-state index is 0.158. The van der Waals surface area contributed by atoms with E-state index >= 15 is 0 Å². The topological polar surface area (TPSA) is 50.7 Å². The second-order valence-electron chi connectivity index (χ2n) is 4.27. The molecule has 2 unspecified atom stereocenters. The summed E-state index contributed by atoms with van der Waals surface area (Å²) in [6, 6.07) is 10.3. The fraction of sp³-hybridized carbons (Fsp3) is 0.571. The standard InChI is InChI=1S/C14H23NO3/c1-17-10-13(16)8-9-15-14(11-18-2)12-6-4-3-5-7-12/h3-7,13-16H,8-11H2,1-2H3. The smallest absolute Gasteiger partial charge is 0.0785 e. The molecule has 102 valence electrons. The van der Waals surface area contributed by atoms with Crippen LogP contribution in [0.1, 0.15) is 18.0 Å². The third-order valence-corrected chi connectivity index (χ3v) is 2.76. The first-order chi connectivity index (χ1) is 8.77. The largest absolute Gasteiger partial charge is 0.391 e. The first-order valence-corrected chi connectivity index (χ1v) is 6.22. The molecule has 0 aromatic heterocycles. The molecule has 0 bridgehead atoms. The minimum Gasteiger partial charge on any atom is -0.391 e. The number of hydrogen-bond donors (Lipinski definition) is 2. The van der Waals surface area contributed by atoms with E-state index in [0.29, 0.717) is 19.6 Å². The molecule has 0 saturated heterocycles. The lowest BCUT2D eigenvalue weighted by Crippen LogP contribution is -2.29. The van der Waals surface area contributed by atoms with E-state index < -0.39 is 6.10 Å². The van der Waals surface area contributed by atoms with Gasteiger partial charge in [0.15, 0.2) is 0 Å². The van der Waals surface area contributed by atoms with Crippen molar-refractivity contribution in [3.63, 3.8) is 0 Å². The van der Waals surface area contributed by atoms with Crippen LogP contribution in [0.4, 0.5) is 0 Å². The number of methoxy groups -OCH3 is 2. The number of rotatable bonds is 9. The Morgan fingerprint density at radius 3 is 2.39 bits per heavy atom. The zero-order valence-electron chi connectivity index (χ0n) is 11.1. The van der Waals surface area contributed by atoms with Crippen molar-refractivity contribution in [2.75, 3.05) is 34.0 Å². The summed E-state index contributed by atoms with van der Waals surface area (Å²) >= 11 is 0. The molecule has 2 atom stereocenters. The highest BCUT2D eigenvalue weighted by Gasteiger charge is 2.11. The number of hydrogen-bond acceptors (Lipinski definition) is 4. The van der Waals surface area contributed by atoms with Gasteiger partial charge in [-0.25, -0.2) is 0 Å². The van der Waals surface area contributed by atoms with E-state index in [0.717, 1.165) is 6.54 Å². The van der Waals surface area contributed by atoms with Crippen molar-refractivity contribution in [1.82, 2.24) is 5.32 Å². The highest BCUT2D eigenvalue weighted by atomic mass is 16.5. The molecule has 0 fully saturated rings. The van der Waals surface area contributed by atoms with Crippen LogP contribution in [0.5, 0.6) is 0 Å². The Morgan fingerprint density at radius 1 is 1.11 bits per heavy atom. The van der Waals surface area contributed by atoms with Crippen LogP contribution in [-0.2, 0) is 9.47 Å². The van der Waals surface area contributed by atoms with Gasteiger partial charge >= 0.3 is 0 Å². The molecule has 0 radical (unpaired) electrons. The van der Waals surface area contributed by atoms with Crippen molar-refractivity contribution in [2.24, 2.45) is 0 Å². The number of benzene rings is 1. The molecular formula is C14H23NO3. The van der Waals surface area contributed by atoms with Gasteiger partial charge in [0.1, 0.15) is 0 Å². The maximum absolute atomic E-state index is 9.57. The van der Waals surface area contributed by atoms with E-state index in [9.17, 15) is 5.11 Å². The summed E-state index contributed by atoms with van der Waals surface area (Å²) in [5.74, 6) is 0. The molecule has 1 rings (SSSR count). The van der Waals surface area contributed by atoms with Crippen molar-refractivity contribution in [2.45, 2.75) is 18.6 Å². The average Bonchev–Trinajstić information content (AvgIpc) is 2.39. The molecule has 1 aromatic rings. The Labute approximate surface area is 109 Å². The molecule has 1 aromatic carbocycles. The summed E-state index contributed by atoms with van der Waals surface area (Å²) in [5.41, 5.74) is 1.19. The molecular weight excluding hydrogens is 230 g/mol. The van der Waals surface area contributed by atoms with Gasteiger partial charge in [0.2, 0.25) is 0 Å². The van der Waals surface area contributed by atoms with Crippen LogP contribution in [0.3, 0.4) is 0 Å². The fourth-order valence-corrected chi connectivity index (χ4v) is 1.82.